The summed E-state index contributed by atoms with van der Waals surface area (Å²) in [5.74, 6) is 0. The van der Waals surface area contributed by atoms with E-state index in [1.807, 2.05) is 0 Å². The van der Waals surface area contributed by atoms with E-state index in [-0.39, 0.29) is 0 Å². The molecule has 0 aromatic heterocycles. The van der Waals surface area contributed by atoms with Gasteiger partial charge < -0.3 is 15.1 Å². The van der Waals surface area contributed by atoms with Gasteiger partial charge in [-0.15, -0.1) is 0 Å². The maximum Gasteiger partial charge on any atom is 0.0217 e. The van der Waals surface area contributed by atoms with Crippen LogP contribution in [0.5, 0.6) is 0 Å². The molecule has 0 saturated carbocycles. The minimum atomic E-state index is 0.336. The molecule has 0 radical (unpaired) electrons. The Kier molecular flexibility index (Phi) is 5.42. The van der Waals surface area contributed by atoms with Crippen LogP contribution in [0, 0.1) is 5.41 Å². The Bertz CT molecular complexity index is 226. The van der Waals surface area contributed by atoms with Crippen LogP contribution < -0.4 is 5.32 Å². The number of rotatable bonds is 5. The van der Waals surface area contributed by atoms with Gasteiger partial charge >= 0.3 is 0 Å². The molecule has 0 aromatic rings. The maximum absolute atomic E-state index is 3.39. The molecule has 0 bridgehead atoms. The average Bonchev–Trinajstić information content (AvgIpc) is 2.27. The minimum absolute atomic E-state index is 0.336. The minimum Gasteiger partial charge on any atom is -0.317 e. The summed E-state index contributed by atoms with van der Waals surface area (Å²) in [6.45, 7) is 10.7. The van der Waals surface area contributed by atoms with Crippen molar-refractivity contribution in [2.75, 3.05) is 40.8 Å². The zero-order valence-electron chi connectivity index (χ0n) is 12.6. The van der Waals surface area contributed by atoms with Crippen LogP contribution in [0.2, 0.25) is 0 Å². The van der Waals surface area contributed by atoms with Crippen molar-refractivity contribution in [3.63, 3.8) is 0 Å². The zero-order valence-corrected chi connectivity index (χ0v) is 12.6. The third-order valence-electron chi connectivity index (χ3n) is 4.45. The van der Waals surface area contributed by atoms with E-state index in [0.29, 0.717) is 11.5 Å². The number of likely N-dealkylation sites (tertiary alicyclic amines) is 1. The molecular weight excluding hydrogens is 210 g/mol. The normalized spacial score (nSPS) is 25.2. The predicted octanol–water partition coefficient (Wildman–Crippen LogP) is 1.65. The Morgan fingerprint density at radius 1 is 1.41 bits per heavy atom. The molecule has 102 valence electrons. The summed E-state index contributed by atoms with van der Waals surface area (Å²) in [5.41, 5.74) is 0.336. The van der Waals surface area contributed by atoms with Crippen molar-refractivity contribution in [3.8, 4) is 0 Å². The highest BCUT2D eigenvalue weighted by atomic mass is 15.2. The van der Waals surface area contributed by atoms with Gasteiger partial charge in [-0.2, -0.15) is 0 Å². The summed E-state index contributed by atoms with van der Waals surface area (Å²) in [6, 6.07) is 1.30. The van der Waals surface area contributed by atoms with Gasteiger partial charge in [-0.25, -0.2) is 0 Å². The molecule has 3 heteroatoms. The van der Waals surface area contributed by atoms with E-state index in [2.05, 4.69) is 57.0 Å². The van der Waals surface area contributed by atoms with Crippen molar-refractivity contribution in [3.05, 3.63) is 0 Å². The predicted molar refractivity (Wildman–Crippen MR) is 75.5 cm³/mol. The molecule has 0 spiro atoms. The molecule has 0 amide bonds. The first-order valence-electron chi connectivity index (χ1n) is 6.93. The van der Waals surface area contributed by atoms with Crippen molar-refractivity contribution in [1.29, 1.82) is 0 Å². The second-order valence-electron chi connectivity index (χ2n) is 6.49. The number of hydrogen-bond donors (Lipinski definition) is 1. The van der Waals surface area contributed by atoms with Crippen LogP contribution in [0.3, 0.4) is 0 Å². The van der Waals surface area contributed by atoms with Gasteiger partial charge in [-0.05, 0) is 52.9 Å². The molecule has 17 heavy (non-hydrogen) atoms. The third-order valence-corrected chi connectivity index (χ3v) is 4.45. The number of piperidine rings is 1. The van der Waals surface area contributed by atoms with Gasteiger partial charge in [0, 0.05) is 25.2 Å². The highest BCUT2D eigenvalue weighted by molar-refractivity contribution is 4.86. The van der Waals surface area contributed by atoms with Gasteiger partial charge in [-0.1, -0.05) is 13.8 Å². The standard InChI is InChI=1S/C14H31N3/c1-12(15-4)14(2,3)11-17-9-7-8-13(10-17)16(5)6/h12-13,15H,7-11H2,1-6H3. The van der Waals surface area contributed by atoms with Crippen LogP contribution in [0.4, 0.5) is 0 Å². The number of likely N-dealkylation sites (N-methyl/N-ethyl adjacent to an activating group) is 1. The Morgan fingerprint density at radius 3 is 2.59 bits per heavy atom. The van der Waals surface area contributed by atoms with Crippen molar-refractivity contribution in [1.82, 2.24) is 15.1 Å². The van der Waals surface area contributed by atoms with Crippen molar-refractivity contribution in [2.45, 2.75) is 45.7 Å². The lowest BCUT2D eigenvalue weighted by Crippen LogP contribution is -2.51. The summed E-state index contributed by atoms with van der Waals surface area (Å²) < 4.78 is 0. The average molecular weight is 241 g/mol. The van der Waals surface area contributed by atoms with Gasteiger partial charge in [0.2, 0.25) is 0 Å². The Balaban J connectivity index is 2.51. The second kappa shape index (κ2) is 6.17. The topological polar surface area (TPSA) is 18.5 Å². The Labute approximate surface area is 108 Å². The molecular formula is C14H31N3. The van der Waals surface area contributed by atoms with E-state index in [9.17, 15) is 0 Å². The molecule has 1 rings (SSSR count). The summed E-state index contributed by atoms with van der Waals surface area (Å²) in [5, 5.41) is 3.39. The quantitative estimate of drug-likeness (QED) is 0.789. The smallest absolute Gasteiger partial charge is 0.0217 e. The molecule has 3 nitrogen and oxygen atoms in total. The summed E-state index contributed by atoms with van der Waals surface area (Å²) in [7, 11) is 6.47. The first kappa shape index (κ1) is 14.9. The largest absolute Gasteiger partial charge is 0.317 e. The summed E-state index contributed by atoms with van der Waals surface area (Å²) in [4.78, 5) is 5.02. The number of nitrogens with zero attached hydrogens (tertiary/aromatic N) is 2. The lowest BCUT2D eigenvalue weighted by Gasteiger charge is -2.42. The zero-order chi connectivity index (χ0) is 13.1. The van der Waals surface area contributed by atoms with Crippen LogP contribution >= 0.6 is 0 Å². The Morgan fingerprint density at radius 2 is 2.06 bits per heavy atom. The lowest BCUT2D eigenvalue weighted by atomic mass is 9.84. The van der Waals surface area contributed by atoms with Gasteiger partial charge in [0.15, 0.2) is 0 Å². The van der Waals surface area contributed by atoms with Gasteiger partial charge in [0.1, 0.15) is 0 Å². The van der Waals surface area contributed by atoms with Crippen LogP contribution in [0.1, 0.15) is 33.6 Å². The van der Waals surface area contributed by atoms with E-state index in [4.69, 9.17) is 0 Å². The summed E-state index contributed by atoms with van der Waals surface area (Å²) in [6.07, 6.45) is 2.69. The maximum atomic E-state index is 3.39. The summed E-state index contributed by atoms with van der Waals surface area (Å²) >= 11 is 0. The van der Waals surface area contributed by atoms with Gasteiger partial charge in [0.25, 0.3) is 0 Å². The lowest BCUT2D eigenvalue weighted by molar-refractivity contribution is 0.0842. The van der Waals surface area contributed by atoms with E-state index < -0.39 is 0 Å². The highest BCUT2D eigenvalue weighted by Gasteiger charge is 2.30. The van der Waals surface area contributed by atoms with Gasteiger partial charge in [-0.3, -0.25) is 0 Å². The van der Waals surface area contributed by atoms with Crippen molar-refractivity contribution >= 4 is 0 Å². The third kappa shape index (κ3) is 4.23. The van der Waals surface area contributed by atoms with E-state index in [1.165, 1.54) is 32.5 Å². The fourth-order valence-corrected chi connectivity index (χ4v) is 2.70. The molecule has 1 aliphatic rings. The van der Waals surface area contributed by atoms with E-state index in [0.717, 1.165) is 6.04 Å². The second-order valence-corrected chi connectivity index (χ2v) is 6.49. The van der Waals surface area contributed by atoms with Gasteiger partial charge in [0.05, 0.1) is 0 Å². The highest BCUT2D eigenvalue weighted by Crippen LogP contribution is 2.24. The van der Waals surface area contributed by atoms with Crippen molar-refractivity contribution < 1.29 is 0 Å². The number of hydrogen-bond acceptors (Lipinski definition) is 3. The molecule has 1 aliphatic heterocycles. The molecule has 2 unspecified atom stereocenters. The van der Waals surface area contributed by atoms with Crippen molar-refractivity contribution in [2.24, 2.45) is 5.41 Å². The molecule has 0 aliphatic carbocycles. The van der Waals surface area contributed by atoms with Crippen LogP contribution in [-0.2, 0) is 0 Å². The Hall–Kier alpha value is -0.120. The van der Waals surface area contributed by atoms with Crippen LogP contribution in [0.25, 0.3) is 0 Å². The fraction of sp³-hybridized carbons (Fsp3) is 1.00. The van der Waals surface area contributed by atoms with Crippen LogP contribution in [0.15, 0.2) is 0 Å². The van der Waals surface area contributed by atoms with E-state index in [1.54, 1.807) is 0 Å². The molecule has 1 saturated heterocycles. The molecule has 1 fully saturated rings. The molecule has 1 N–H and O–H groups in total. The SMILES string of the molecule is CNC(C)C(C)(C)CN1CCCC(N(C)C)C1. The fourth-order valence-electron chi connectivity index (χ4n) is 2.70. The monoisotopic (exact) mass is 241 g/mol. The van der Waals surface area contributed by atoms with E-state index >= 15 is 0 Å². The molecule has 1 heterocycles. The first-order chi connectivity index (χ1) is 7.86. The molecule has 2 atom stereocenters. The first-order valence-corrected chi connectivity index (χ1v) is 6.93. The molecule has 0 aromatic carbocycles. The van der Waals surface area contributed by atoms with Crippen LogP contribution in [-0.4, -0.2) is 62.7 Å². The number of nitrogens with one attached hydrogen (secondary N) is 1.